The van der Waals surface area contributed by atoms with E-state index in [1.807, 2.05) is 0 Å². The van der Waals surface area contributed by atoms with E-state index in [1.165, 1.54) is 6.20 Å². The standard InChI is InChI=1S/C10H11N5O/c1-15-9(4-5-13-15)14-10(16)8-3-2-7(11)6-12-8/h2-6H,11H2,1H3,(H,14,16). The molecule has 6 nitrogen and oxygen atoms in total. The molecule has 0 aromatic carbocycles. The van der Waals surface area contributed by atoms with Gasteiger partial charge in [0.05, 0.1) is 18.1 Å². The Hall–Kier alpha value is -2.37. The lowest BCUT2D eigenvalue weighted by atomic mass is 10.3. The average molecular weight is 217 g/mol. The third-order valence-electron chi connectivity index (χ3n) is 2.08. The summed E-state index contributed by atoms with van der Waals surface area (Å²) < 4.78 is 1.56. The maximum absolute atomic E-state index is 11.7. The first kappa shape index (κ1) is 10.2. The zero-order chi connectivity index (χ0) is 11.5. The first-order valence-electron chi connectivity index (χ1n) is 4.67. The van der Waals surface area contributed by atoms with Crippen LogP contribution in [0.25, 0.3) is 0 Å². The molecule has 2 heterocycles. The molecule has 0 atom stereocenters. The van der Waals surface area contributed by atoms with Crippen LogP contribution in [0.5, 0.6) is 0 Å². The van der Waals surface area contributed by atoms with Crippen LogP contribution in [0.2, 0.25) is 0 Å². The molecular weight excluding hydrogens is 206 g/mol. The minimum absolute atomic E-state index is 0.288. The highest BCUT2D eigenvalue weighted by molar-refractivity contribution is 6.02. The Morgan fingerprint density at radius 2 is 2.25 bits per heavy atom. The molecule has 16 heavy (non-hydrogen) atoms. The van der Waals surface area contributed by atoms with E-state index in [1.54, 1.807) is 36.1 Å². The van der Waals surface area contributed by atoms with Crippen LogP contribution in [-0.2, 0) is 7.05 Å². The van der Waals surface area contributed by atoms with Crippen LogP contribution in [0.1, 0.15) is 10.5 Å². The van der Waals surface area contributed by atoms with Crippen LogP contribution < -0.4 is 11.1 Å². The van der Waals surface area contributed by atoms with E-state index in [9.17, 15) is 4.79 Å². The molecule has 0 saturated heterocycles. The fraction of sp³-hybridized carbons (Fsp3) is 0.100. The second-order valence-corrected chi connectivity index (χ2v) is 3.27. The summed E-state index contributed by atoms with van der Waals surface area (Å²) >= 11 is 0. The van der Waals surface area contributed by atoms with Gasteiger partial charge in [-0.05, 0) is 12.1 Å². The summed E-state index contributed by atoms with van der Waals surface area (Å²) in [6.07, 6.45) is 3.05. The van der Waals surface area contributed by atoms with Crippen molar-refractivity contribution in [2.75, 3.05) is 11.1 Å². The summed E-state index contributed by atoms with van der Waals surface area (Å²) in [5, 5.41) is 6.62. The quantitative estimate of drug-likeness (QED) is 0.773. The number of amides is 1. The molecule has 0 spiro atoms. The highest BCUT2D eigenvalue weighted by Gasteiger charge is 2.08. The van der Waals surface area contributed by atoms with Crippen molar-refractivity contribution in [3.8, 4) is 0 Å². The predicted octanol–water partition coefficient (Wildman–Crippen LogP) is 0.650. The van der Waals surface area contributed by atoms with Gasteiger partial charge in [-0.2, -0.15) is 5.10 Å². The topological polar surface area (TPSA) is 85.8 Å². The summed E-state index contributed by atoms with van der Waals surface area (Å²) in [5.74, 6) is 0.326. The van der Waals surface area contributed by atoms with Crippen LogP contribution in [0.4, 0.5) is 11.5 Å². The number of aryl methyl sites for hydroxylation is 1. The largest absolute Gasteiger partial charge is 0.397 e. The van der Waals surface area contributed by atoms with Gasteiger partial charge in [0, 0.05) is 13.1 Å². The van der Waals surface area contributed by atoms with Crippen molar-refractivity contribution in [2.24, 2.45) is 7.05 Å². The number of hydrogen-bond donors (Lipinski definition) is 2. The summed E-state index contributed by atoms with van der Waals surface area (Å²) in [6, 6.07) is 4.90. The highest BCUT2D eigenvalue weighted by Crippen LogP contribution is 2.07. The summed E-state index contributed by atoms with van der Waals surface area (Å²) in [7, 11) is 1.74. The minimum atomic E-state index is -0.288. The molecule has 6 heteroatoms. The number of carbonyl (C=O) groups is 1. The van der Waals surface area contributed by atoms with Gasteiger partial charge in [0.15, 0.2) is 0 Å². The van der Waals surface area contributed by atoms with Gasteiger partial charge in [0.2, 0.25) is 0 Å². The molecule has 2 aromatic rings. The zero-order valence-electron chi connectivity index (χ0n) is 8.71. The molecule has 3 N–H and O–H groups in total. The normalized spacial score (nSPS) is 10.1. The molecule has 0 aliphatic heterocycles. The molecule has 0 saturated carbocycles. The van der Waals surface area contributed by atoms with Crippen LogP contribution in [0.15, 0.2) is 30.6 Å². The molecule has 0 aliphatic rings. The van der Waals surface area contributed by atoms with Crippen molar-refractivity contribution < 1.29 is 4.79 Å². The molecular formula is C10H11N5O. The molecule has 2 aromatic heterocycles. The number of nitrogens with two attached hydrogens (primary N) is 1. The van der Waals surface area contributed by atoms with Gasteiger partial charge in [0.1, 0.15) is 11.5 Å². The number of nitrogens with one attached hydrogen (secondary N) is 1. The second-order valence-electron chi connectivity index (χ2n) is 3.27. The SMILES string of the molecule is Cn1nccc1NC(=O)c1ccc(N)cn1. The van der Waals surface area contributed by atoms with E-state index in [0.29, 0.717) is 17.2 Å². The number of pyridine rings is 1. The summed E-state index contributed by atoms with van der Waals surface area (Å²) in [6.45, 7) is 0. The Morgan fingerprint density at radius 1 is 1.44 bits per heavy atom. The van der Waals surface area contributed by atoms with E-state index in [4.69, 9.17) is 5.73 Å². The van der Waals surface area contributed by atoms with Crippen molar-refractivity contribution in [3.05, 3.63) is 36.3 Å². The molecule has 82 valence electrons. The molecule has 0 fully saturated rings. The number of carbonyl (C=O) groups excluding carboxylic acids is 1. The molecule has 0 aliphatic carbocycles. The average Bonchev–Trinajstić information content (AvgIpc) is 2.65. The Kier molecular flexibility index (Phi) is 2.55. The predicted molar refractivity (Wildman–Crippen MR) is 59.8 cm³/mol. The van der Waals surface area contributed by atoms with Gasteiger partial charge >= 0.3 is 0 Å². The zero-order valence-corrected chi connectivity index (χ0v) is 8.71. The van der Waals surface area contributed by atoms with E-state index < -0.39 is 0 Å². The Balaban J connectivity index is 2.15. The Labute approximate surface area is 92.1 Å². The van der Waals surface area contributed by atoms with Crippen molar-refractivity contribution >= 4 is 17.4 Å². The summed E-state index contributed by atoms with van der Waals surface area (Å²) in [5.41, 5.74) is 6.32. The van der Waals surface area contributed by atoms with Crippen molar-refractivity contribution in [1.29, 1.82) is 0 Å². The smallest absolute Gasteiger partial charge is 0.275 e. The van der Waals surface area contributed by atoms with Crippen LogP contribution >= 0.6 is 0 Å². The lowest BCUT2D eigenvalue weighted by Gasteiger charge is -2.04. The van der Waals surface area contributed by atoms with Gasteiger partial charge in [-0.1, -0.05) is 0 Å². The Bertz CT molecular complexity index is 502. The van der Waals surface area contributed by atoms with E-state index in [-0.39, 0.29) is 5.91 Å². The maximum Gasteiger partial charge on any atom is 0.275 e. The monoisotopic (exact) mass is 217 g/mol. The lowest BCUT2D eigenvalue weighted by Crippen LogP contribution is -2.15. The third-order valence-corrected chi connectivity index (χ3v) is 2.08. The van der Waals surface area contributed by atoms with E-state index >= 15 is 0 Å². The van der Waals surface area contributed by atoms with Crippen LogP contribution in [0, 0.1) is 0 Å². The number of anilines is 2. The number of rotatable bonds is 2. The first-order valence-corrected chi connectivity index (χ1v) is 4.67. The molecule has 0 bridgehead atoms. The lowest BCUT2D eigenvalue weighted by molar-refractivity contribution is 0.102. The fourth-order valence-corrected chi connectivity index (χ4v) is 1.22. The molecule has 0 radical (unpaired) electrons. The maximum atomic E-state index is 11.7. The summed E-state index contributed by atoms with van der Waals surface area (Å²) in [4.78, 5) is 15.6. The second kappa shape index (κ2) is 4.01. The van der Waals surface area contributed by atoms with E-state index in [0.717, 1.165) is 0 Å². The number of nitrogens with zero attached hydrogens (tertiary/aromatic N) is 3. The van der Waals surface area contributed by atoms with Gasteiger partial charge in [-0.25, -0.2) is 4.98 Å². The minimum Gasteiger partial charge on any atom is -0.397 e. The van der Waals surface area contributed by atoms with Crippen LogP contribution in [0.3, 0.4) is 0 Å². The van der Waals surface area contributed by atoms with Crippen molar-refractivity contribution in [2.45, 2.75) is 0 Å². The fourth-order valence-electron chi connectivity index (χ4n) is 1.22. The van der Waals surface area contributed by atoms with Gasteiger partial charge in [0.25, 0.3) is 5.91 Å². The van der Waals surface area contributed by atoms with Gasteiger partial charge in [-0.3, -0.25) is 9.48 Å². The van der Waals surface area contributed by atoms with Gasteiger partial charge < -0.3 is 11.1 Å². The highest BCUT2D eigenvalue weighted by atomic mass is 16.2. The number of hydrogen-bond acceptors (Lipinski definition) is 4. The van der Waals surface area contributed by atoms with Crippen molar-refractivity contribution in [1.82, 2.24) is 14.8 Å². The van der Waals surface area contributed by atoms with E-state index in [2.05, 4.69) is 15.4 Å². The van der Waals surface area contributed by atoms with Crippen LogP contribution in [-0.4, -0.2) is 20.7 Å². The Morgan fingerprint density at radius 3 is 2.81 bits per heavy atom. The van der Waals surface area contributed by atoms with Gasteiger partial charge in [-0.15, -0.1) is 0 Å². The third kappa shape index (κ3) is 2.00. The first-order chi connectivity index (χ1) is 7.66. The van der Waals surface area contributed by atoms with Crippen molar-refractivity contribution in [3.63, 3.8) is 0 Å². The number of nitrogen functional groups attached to an aromatic ring is 1. The molecule has 0 unspecified atom stereocenters. The molecule has 2 rings (SSSR count). The number of aromatic nitrogens is 3. The molecule has 1 amide bonds.